The number of ketones is 2. The van der Waals surface area contributed by atoms with E-state index < -0.39 is 23.1 Å². The summed E-state index contributed by atoms with van der Waals surface area (Å²) in [7, 11) is 2.64. The summed E-state index contributed by atoms with van der Waals surface area (Å²) >= 11 is 5.84. The van der Waals surface area contributed by atoms with Gasteiger partial charge in [0.25, 0.3) is 5.56 Å². The summed E-state index contributed by atoms with van der Waals surface area (Å²) in [5.41, 5.74) is 5.02. The fourth-order valence-corrected chi connectivity index (χ4v) is 3.13. The fraction of sp³-hybridized carbons (Fsp3) is 0.182. The van der Waals surface area contributed by atoms with Crippen LogP contribution in [-0.4, -0.2) is 26.8 Å². The number of hydrogen-bond acceptors (Lipinski definition) is 6. The quantitative estimate of drug-likeness (QED) is 0.586. The second-order valence-electron chi connectivity index (χ2n) is 6.95. The lowest BCUT2D eigenvalue weighted by Gasteiger charge is -2.16. The molecule has 0 aliphatic carbocycles. The van der Waals surface area contributed by atoms with E-state index in [4.69, 9.17) is 22.1 Å². The van der Waals surface area contributed by atoms with Gasteiger partial charge in [-0.1, -0.05) is 11.6 Å². The van der Waals surface area contributed by atoms with Crippen molar-refractivity contribution in [3.05, 3.63) is 91.1 Å². The highest BCUT2D eigenvalue weighted by Gasteiger charge is 2.26. The van der Waals surface area contributed by atoms with Gasteiger partial charge in [0.05, 0.1) is 0 Å². The van der Waals surface area contributed by atoms with Crippen LogP contribution in [0, 0.1) is 0 Å². The average molecular weight is 442 g/mol. The zero-order valence-corrected chi connectivity index (χ0v) is 17.8. The highest BCUT2D eigenvalue weighted by Crippen LogP contribution is 2.19. The number of aromatic nitrogens is 2. The summed E-state index contributed by atoms with van der Waals surface area (Å²) in [5.74, 6) is -0.741. The van der Waals surface area contributed by atoms with Crippen LogP contribution in [-0.2, 0) is 14.1 Å². The minimum atomic E-state index is -1.05. The van der Waals surface area contributed by atoms with Crippen molar-refractivity contribution in [3.63, 3.8) is 0 Å². The maximum absolute atomic E-state index is 12.8. The van der Waals surface area contributed by atoms with Crippen molar-refractivity contribution in [2.24, 2.45) is 14.1 Å². The van der Waals surface area contributed by atoms with Crippen LogP contribution in [0.4, 0.5) is 5.82 Å². The van der Waals surface area contributed by atoms with Gasteiger partial charge in [0.2, 0.25) is 5.78 Å². The number of halogens is 1. The Labute approximate surface area is 182 Å². The number of benzene rings is 2. The molecular weight excluding hydrogens is 422 g/mol. The van der Waals surface area contributed by atoms with Crippen molar-refractivity contribution in [1.82, 2.24) is 9.13 Å². The van der Waals surface area contributed by atoms with Crippen LogP contribution in [0.5, 0.6) is 5.75 Å². The Hall–Kier alpha value is -3.65. The molecule has 8 nitrogen and oxygen atoms in total. The van der Waals surface area contributed by atoms with Crippen molar-refractivity contribution < 1.29 is 14.3 Å². The molecule has 2 N–H and O–H groups in total. The van der Waals surface area contributed by atoms with Gasteiger partial charge in [0, 0.05) is 30.2 Å². The summed E-state index contributed by atoms with van der Waals surface area (Å²) in [5, 5.41) is 0.535. The minimum absolute atomic E-state index is 0.186. The second-order valence-corrected chi connectivity index (χ2v) is 7.39. The van der Waals surface area contributed by atoms with E-state index >= 15 is 0 Å². The molecule has 1 unspecified atom stereocenters. The molecule has 0 aliphatic rings. The molecule has 0 saturated heterocycles. The summed E-state index contributed by atoms with van der Waals surface area (Å²) in [6.07, 6.45) is -1.05. The highest BCUT2D eigenvalue weighted by atomic mass is 35.5. The Morgan fingerprint density at radius 3 is 2.00 bits per heavy atom. The first-order chi connectivity index (χ1) is 14.6. The zero-order chi connectivity index (χ0) is 22.9. The number of nitrogens with two attached hydrogens (primary N) is 1. The largest absolute Gasteiger partial charge is 0.483 e. The van der Waals surface area contributed by atoms with Crippen LogP contribution in [0.15, 0.2) is 58.1 Å². The van der Waals surface area contributed by atoms with Crippen molar-refractivity contribution >= 4 is 29.0 Å². The SMILES string of the molecule is CC(Oc1ccc(C(=O)c2ccc(Cl)cc2)cc1)C(=O)c1c(N)n(C)c(=O)n(C)c1=O. The van der Waals surface area contributed by atoms with Crippen molar-refractivity contribution in [2.45, 2.75) is 13.0 Å². The van der Waals surface area contributed by atoms with E-state index in [1.54, 1.807) is 48.5 Å². The lowest BCUT2D eigenvalue weighted by atomic mass is 10.0. The lowest BCUT2D eigenvalue weighted by molar-refractivity contribution is 0.0815. The highest BCUT2D eigenvalue weighted by molar-refractivity contribution is 6.30. The molecule has 0 radical (unpaired) electrons. The first-order valence-electron chi connectivity index (χ1n) is 9.28. The standard InChI is InChI=1S/C22H20ClN3O5/c1-12(18(27)17-20(24)25(2)22(30)26(3)21(17)29)31-16-10-6-14(7-11-16)19(28)13-4-8-15(23)9-5-13/h4-12H,24H2,1-3H3. The minimum Gasteiger partial charge on any atom is -0.483 e. The zero-order valence-electron chi connectivity index (χ0n) is 17.1. The Kier molecular flexibility index (Phi) is 6.12. The van der Waals surface area contributed by atoms with Crippen LogP contribution < -0.4 is 21.7 Å². The molecule has 1 heterocycles. The maximum atomic E-state index is 12.8. The summed E-state index contributed by atoms with van der Waals surface area (Å²) in [4.78, 5) is 49.6. The van der Waals surface area contributed by atoms with Gasteiger partial charge < -0.3 is 10.5 Å². The van der Waals surface area contributed by atoms with Crippen molar-refractivity contribution in [3.8, 4) is 5.75 Å². The lowest BCUT2D eigenvalue weighted by Crippen LogP contribution is -2.43. The second kappa shape index (κ2) is 8.61. The number of anilines is 1. The molecule has 2 aromatic carbocycles. The number of nitrogen functional groups attached to an aromatic ring is 1. The molecule has 0 spiro atoms. The third-order valence-corrected chi connectivity index (χ3v) is 5.11. The number of nitrogens with zero attached hydrogens (tertiary/aromatic N) is 2. The average Bonchev–Trinajstić information content (AvgIpc) is 2.77. The molecule has 1 atom stereocenters. The van der Waals surface area contributed by atoms with E-state index in [1.165, 1.54) is 21.0 Å². The van der Waals surface area contributed by atoms with Crippen molar-refractivity contribution in [2.75, 3.05) is 5.73 Å². The van der Waals surface area contributed by atoms with Crippen LogP contribution in [0.3, 0.4) is 0 Å². The Morgan fingerprint density at radius 1 is 0.935 bits per heavy atom. The van der Waals surface area contributed by atoms with Gasteiger partial charge in [-0.15, -0.1) is 0 Å². The topological polar surface area (TPSA) is 113 Å². The summed E-state index contributed by atoms with van der Waals surface area (Å²) < 4.78 is 7.48. The van der Waals surface area contributed by atoms with E-state index in [2.05, 4.69) is 0 Å². The molecule has 0 fully saturated rings. The number of Topliss-reactive ketones (excluding diaryl/α,β-unsaturated/α-hetero) is 1. The number of carbonyl (C=O) groups excluding carboxylic acids is 2. The van der Waals surface area contributed by atoms with Gasteiger partial charge in [-0.05, 0) is 55.5 Å². The van der Waals surface area contributed by atoms with Crippen molar-refractivity contribution in [1.29, 1.82) is 0 Å². The van der Waals surface area contributed by atoms with Crippen LogP contribution >= 0.6 is 11.6 Å². The molecule has 1 aromatic heterocycles. The van der Waals surface area contributed by atoms with Crippen LogP contribution in [0.25, 0.3) is 0 Å². The molecule has 0 bridgehead atoms. The number of ether oxygens (including phenoxy) is 1. The van der Waals surface area contributed by atoms with E-state index in [-0.39, 0.29) is 17.2 Å². The van der Waals surface area contributed by atoms with E-state index in [1.807, 2.05) is 0 Å². The van der Waals surface area contributed by atoms with Crippen LogP contribution in [0.2, 0.25) is 5.02 Å². The van der Waals surface area contributed by atoms with Gasteiger partial charge >= 0.3 is 5.69 Å². The van der Waals surface area contributed by atoms with Gasteiger partial charge in [-0.2, -0.15) is 0 Å². The molecule has 9 heteroatoms. The van der Waals surface area contributed by atoms with Gasteiger partial charge in [0.1, 0.15) is 17.1 Å². The molecule has 0 aliphatic heterocycles. The normalized spacial score (nSPS) is 11.7. The third-order valence-electron chi connectivity index (χ3n) is 4.86. The number of hydrogen-bond donors (Lipinski definition) is 1. The van der Waals surface area contributed by atoms with Gasteiger partial charge in [-0.25, -0.2) is 4.79 Å². The molecule has 3 rings (SSSR count). The predicted octanol–water partition coefficient (Wildman–Crippen LogP) is 2.20. The summed E-state index contributed by atoms with van der Waals surface area (Å²) in [6.45, 7) is 1.47. The van der Waals surface area contributed by atoms with E-state index in [0.717, 1.165) is 9.13 Å². The van der Waals surface area contributed by atoms with E-state index in [9.17, 15) is 19.2 Å². The maximum Gasteiger partial charge on any atom is 0.332 e. The number of carbonyl (C=O) groups is 2. The molecule has 31 heavy (non-hydrogen) atoms. The number of rotatable bonds is 6. The third kappa shape index (κ3) is 4.29. The first-order valence-corrected chi connectivity index (χ1v) is 9.66. The monoisotopic (exact) mass is 441 g/mol. The molecule has 0 amide bonds. The van der Waals surface area contributed by atoms with Gasteiger partial charge in [0.15, 0.2) is 11.9 Å². The molecular formula is C22H20ClN3O5. The Morgan fingerprint density at radius 2 is 1.45 bits per heavy atom. The molecule has 3 aromatic rings. The summed E-state index contributed by atoms with van der Waals surface area (Å²) in [6, 6.07) is 12.8. The molecule has 160 valence electrons. The Balaban J connectivity index is 1.80. The smallest absolute Gasteiger partial charge is 0.332 e. The first kappa shape index (κ1) is 22.0. The Bertz CT molecular complexity index is 1270. The predicted molar refractivity (Wildman–Crippen MR) is 117 cm³/mol. The van der Waals surface area contributed by atoms with E-state index in [0.29, 0.717) is 21.9 Å². The fourth-order valence-electron chi connectivity index (χ4n) is 3.01. The van der Waals surface area contributed by atoms with Gasteiger partial charge in [-0.3, -0.25) is 23.5 Å². The van der Waals surface area contributed by atoms with Crippen LogP contribution in [0.1, 0.15) is 33.2 Å². The molecule has 0 saturated carbocycles.